The van der Waals surface area contributed by atoms with Gasteiger partial charge >= 0.3 is 5.79 Å². The summed E-state index contributed by atoms with van der Waals surface area (Å²) in [7, 11) is 1.45. The van der Waals surface area contributed by atoms with E-state index in [0.717, 1.165) is 0 Å². The number of ketones is 1. The number of hydrogen-bond donors (Lipinski definition) is 6. The van der Waals surface area contributed by atoms with Gasteiger partial charge in [0.05, 0.1) is 66.9 Å². The van der Waals surface area contributed by atoms with Gasteiger partial charge in [-0.05, 0) is 19.9 Å². The Balaban J connectivity index is 1.56. The van der Waals surface area contributed by atoms with Crippen molar-refractivity contribution < 1.29 is 54.0 Å². The largest absolute Gasteiger partial charge is 0.633 e. The number of quaternary nitrogens is 1. The van der Waals surface area contributed by atoms with Crippen LogP contribution in [0.4, 0.5) is 5.69 Å². The van der Waals surface area contributed by atoms with Crippen molar-refractivity contribution in [2.45, 2.75) is 111 Å². The number of phenolic OH excluding ortho intramolecular Hbond substituents is 2. The van der Waals surface area contributed by atoms with Gasteiger partial charge in [-0.15, -0.1) is 0 Å². The molecule has 0 radical (unpaired) electrons. The molecule has 0 unspecified atom stereocenters. The number of methoxy groups -OCH3 is 1. The number of nitrogens with one attached hydrogen (secondary N) is 1. The standard InChI is InChI=1S/C44H60N4O11/c1-21(2)20-48(56)17-15-44(16-18-48)46-32-29-30-38(52)27(8)40-31(29)41(54)43(9,59-40)58-19-14-28(57-10)24(5)36(50)26(7)37(51)25(6)35(49)22(3)12-11-13-23(4)42(55)45-34(39(30)53)33(32)47-44/h11-14,19,21-22,24-26,28,35-37,46,49-53H,15-18,20H2,1-10H3/b12-11+,19-14+,23-13-,45-34?/t22-,24+,25+,26-,28-,35-,36+,37+,43-,44?,48?/m0/s1. The minimum absolute atomic E-state index is 0.0101. The van der Waals surface area contributed by atoms with Gasteiger partial charge in [0, 0.05) is 73.0 Å². The molecule has 6 rings (SSSR count). The van der Waals surface area contributed by atoms with E-state index in [1.165, 1.54) is 39.4 Å². The third-order valence-electron chi connectivity index (χ3n) is 12.9. The second-order valence-electron chi connectivity index (χ2n) is 17.8. The smallest absolute Gasteiger partial charge is 0.312 e. The molecule has 9 atom stereocenters. The Morgan fingerprint density at radius 2 is 1.58 bits per heavy atom. The number of carbonyl (C=O) groups is 2. The van der Waals surface area contributed by atoms with Gasteiger partial charge < -0.3 is 54.9 Å². The van der Waals surface area contributed by atoms with Gasteiger partial charge in [0.2, 0.25) is 0 Å². The molecule has 15 nitrogen and oxygen atoms in total. The van der Waals surface area contributed by atoms with Gasteiger partial charge in [0.15, 0.2) is 5.75 Å². The first kappa shape index (κ1) is 44.2. The summed E-state index contributed by atoms with van der Waals surface area (Å²) in [6.07, 6.45) is 4.24. The number of likely N-dealkylation sites (tertiary alicyclic amines) is 1. The quantitative estimate of drug-likeness (QED) is 0.146. The van der Waals surface area contributed by atoms with Crippen LogP contribution in [0.5, 0.6) is 17.2 Å². The first-order valence-corrected chi connectivity index (χ1v) is 20.5. The molecule has 0 saturated carbocycles. The maximum atomic E-state index is 14.6. The van der Waals surface area contributed by atoms with Crippen LogP contribution < -0.4 is 20.8 Å². The molecule has 4 aliphatic rings. The average Bonchev–Trinajstić information content (AvgIpc) is 3.69. The number of allylic oxidation sites excluding steroid dienone is 2. The Hall–Kier alpha value is -4.38. The molecule has 15 heteroatoms. The fourth-order valence-electron chi connectivity index (χ4n) is 9.09. The summed E-state index contributed by atoms with van der Waals surface area (Å²) in [4.78, 5) is 37.8. The van der Waals surface area contributed by atoms with Gasteiger partial charge in [-0.2, -0.15) is 0 Å². The number of benzene rings is 2. The van der Waals surface area contributed by atoms with E-state index >= 15 is 0 Å². The molecule has 1 amide bonds. The van der Waals surface area contributed by atoms with Crippen molar-refractivity contribution in [3.63, 3.8) is 0 Å². The van der Waals surface area contributed by atoms with Gasteiger partial charge in [-0.25, -0.2) is 4.99 Å². The van der Waals surface area contributed by atoms with Gasteiger partial charge in [-0.3, -0.25) is 14.6 Å². The molecule has 4 aliphatic heterocycles. The van der Waals surface area contributed by atoms with E-state index in [1.807, 2.05) is 13.8 Å². The molecular formula is C44H60N4O11. The lowest BCUT2D eigenvalue weighted by molar-refractivity contribution is -0.889. The third kappa shape index (κ3) is 7.88. The van der Waals surface area contributed by atoms with Crippen molar-refractivity contribution >= 4 is 28.2 Å². The van der Waals surface area contributed by atoms with Crippen molar-refractivity contribution in [3.8, 4) is 17.2 Å². The fourth-order valence-corrected chi connectivity index (χ4v) is 9.09. The number of aliphatic hydroxyl groups excluding tert-OH is 3. The van der Waals surface area contributed by atoms with Crippen molar-refractivity contribution in [1.29, 1.82) is 0 Å². The Labute approximate surface area is 344 Å². The van der Waals surface area contributed by atoms with E-state index in [0.29, 0.717) is 19.4 Å². The lowest BCUT2D eigenvalue weighted by Crippen LogP contribution is -2.56. The number of amides is 1. The van der Waals surface area contributed by atoms with E-state index in [9.17, 15) is 40.3 Å². The second kappa shape index (κ2) is 16.2. The summed E-state index contributed by atoms with van der Waals surface area (Å²) in [5, 5.41) is 74.7. The number of hydroxylamine groups is 3. The SMILES string of the molecule is CO[C@H]1/C=C/O[C@@]2(C)Oc3c(C)c(O)c4c(O)c(c5c(c4c3C2=O)NC2(CC[N+]([O-])(CC(C)C)CC2)N=5)=NC(=O)/C(C)=C\C=C\[C@H](C)[C@H](O)[C@@H](C)[C@@H](O)[C@@H](C)[C@H](O)[C@@H]1C. The van der Waals surface area contributed by atoms with Crippen LogP contribution in [0.2, 0.25) is 0 Å². The number of aliphatic hydroxyl groups is 3. The molecule has 2 aromatic rings. The Morgan fingerprint density at radius 1 is 0.949 bits per heavy atom. The van der Waals surface area contributed by atoms with Crippen LogP contribution in [0.25, 0.3) is 10.8 Å². The van der Waals surface area contributed by atoms with Crippen LogP contribution in [0.3, 0.4) is 0 Å². The zero-order chi connectivity index (χ0) is 43.5. The van der Waals surface area contributed by atoms with Crippen molar-refractivity contribution in [2.24, 2.45) is 39.6 Å². The summed E-state index contributed by atoms with van der Waals surface area (Å²) in [5.74, 6) is -6.50. The van der Waals surface area contributed by atoms with Crippen molar-refractivity contribution in [2.75, 3.05) is 32.1 Å². The highest BCUT2D eigenvalue weighted by Gasteiger charge is 2.51. The number of piperidine rings is 1. The average molecular weight is 821 g/mol. The number of Topliss-reactive ketones (excluding diaryl/α,β-unsaturated/α-hetero) is 1. The lowest BCUT2D eigenvalue weighted by atomic mass is 9.78. The van der Waals surface area contributed by atoms with Crippen LogP contribution in [-0.4, -0.2) is 104 Å². The minimum Gasteiger partial charge on any atom is -0.633 e. The predicted molar refractivity (Wildman–Crippen MR) is 220 cm³/mol. The van der Waals surface area contributed by atoms with E-state index in [4.69, 9.17) is 19.2 Å². The molecule has 6 N–H and O–H groups in total. The molecule has 0 aromatic heterocycles. The number of aromatic hydroxyl groups is 2. The first-order valence-electron chi connectivity index (χ1n) is 20.5. The molecule has 1 fully saturated rings. The molecule has 1 saturated heterocycles. The Morgan fingerprint density at radius 3 is 2.20 bits per heavy atom. The van der Waals surface area contributed by atoms with Gasteiger partial charge in [0.1, 0.15) is 27.9 Å². The fraction of sp³-hybridized carbons (Fsp3) is 0.591. The molecule has 4 bridgehead atoms. The summed E-state index contributed by atoms with van der Waals surface area (Å²) < 4.78 is 17.6. The third-order valence-corrected chi connectivity index (χ3v) is 12.9. The Bertz CT molecular complexity index is 2230. The lowest BCUT2D eigenvalue weighted by Gasteiger charge is -2.50. The number of rotatable bonds is 3. The predicted octanol–water partition coefficient (Wildman–Crippen LogP) is 4.19. The topological polar surface area (TPSA) is 223 Å². The summed E-state index contributed by atoms with van der Waals surface area (Å²) in [5.41, 5.74) is -0.475. The molecule has 59 heavy (non-hydrogen) atoms. The van der Waals surface area contributed by atoms with E-state index in [1.54, 1.807) is 46.8 Å². The van der Waals surface area contributed by atoms with Crippen LogP contribution in [0, 0.1) is 41.7 Å². The van der Waals surface area contributed by atoms with E-state index in [2.05, 4.69) is 10.3 Å². The molecule has 4 heterocycles. The zero-order valence-corrected chi connectivity index (χ0v) is 35.6. The second-order valence-corrected chi connectivity index (χ2v) is 17.8. The highest BCUT2D eigenvalue weighted by Crippen LogP contribution is 2.51. The molecular weight excluding hydrogens is 761 g/mol. The van der Waals surface area contributed by atoms with E-state index in [-0.39, 0.29) is 68.6 Å². The number of hydrogen-bond acceptors (Lipinski definition) is 13. The summed E-state index contributed by atoms with van der Waals surface area (Å²) in [6, 6.07) is 0. The van der Waals surface area contributed by atoms with Gasteiger partial charge in [0.25, 0.3) is 11.7 Å². The minimum atomic E-state index is -1.96. The normalized spacial score (nSPS) is 37.3. The van der Waals surface area contributed by atoms with Crippen LogP contribution in [0.15, 0.2) is 46.1 Å². The maximum Gasteiger partial charge on any atom is 0.312 e. The number of ether oxygens (including phenoxy) is 3. The number of nitrogens with zero attached hydrogens (tertiary/aromatic N) is 3. The monoisotopic (exact) mass is 820 g/mol. The molecule has 2 aromatic carbocycles. The molecule has 322 valence electrons. The number of fused-ring (bicyclic) bond motifs is 1. The van der Waals surface area contributed by atoms with Crippen molar-refractivity contribution in [3.05, 3.63) is 63.2 Å². The summed E-state index contributed by atoms with van der Waals surface area (Å²) in [6.45, 7) is 16.3. The Kier molecular flexibility index (Phi) is 12.2. The number of anilines is 1. The van der Waals surface area contributed by atoms with Gasteiger partial charge in [-0.1, -0.05) is 59.8 Å². The molecule has 0 aliphatic carbocycles. The summed E-state index contributed by atoms with van der Waals surface area (Å²) >= 11 is 0. The van der Waals surface area contributed by atoms with Crippen LogP contribution >= 0.6 is 0 Å². The number of phenols is 2. The van der Waals surface area contributed by atoms with Crippen molar-refractivity contribution in [1.82, 2.24) is 0 Å². The molecule has 1 spiro atoms. The zero-order valence-electron chi connectivity index (χ0n) is 35.6. The highest BCUT2D eigenvalue weighted by atomic mass is 16.7. The van der Waals surface area contributed by atoms with Crippen LogP contribution in [-0.2, 0) is 14.3 Å². The maximum absolute atomic E-state index is 14.6. The van der Waals surface area contributed by atoms with Crippen LogP contribution in [0.1, 0.15) is 84.2 Å². The first-order chi connectivity index (χ1) is 27.6. The highest BCUT2D eigenvalue weighted by molar-refractivity contribution is 6.21. The number of carbonyl (C=O) groups excluding carboxylic acids is 2. The van der Waals surface area contributed by atoms with E-state index < -0.39 is 87.4 Å².